The third-order valence-electron chi connectivity index (χ3n) is 3.13. The number of ether oxygens (including phenoxy) is 2. The fourth-order valence-electron chi connectivity index (χ4n) is 1.86. The van der Waals surface area contributed by atoms with Crippen LogP contribution in [0.25, 0.3) is 0 Å². The molecular formula is C18H19NO4. The van der Waals surface area contributed by atoms with Crippen LogP contribution in [0.5, 0.6) is 11.5 Å². The van der Waals surface area contributed by atoms with E-state index >= 15 is 0 Å². The zero-order chi connectivity index (χ0) is 16.7. The number of hydrogen-bond donors (Lipinski definition) is 1. The SMILES string of the molecule is Cc1ccc(OC(=O)CNC(=O)COc2ccccc2C)cc1. The highest BCUT2D eigenvalue weighted by molar-refractivity contribution is 5.83. The van der Waals surface area contributed by atoms with Gasteiger partial charge in [0, 0.05) is 0 Å². The summed E-state index contributed by atoms with van der Waals surface area (Å²) in [7, 11) is 0. The number of amides is 1. The highest BCUT2D eigenvalue weighted by atomic mass is 16.5. The standard InChI is InChI=1S/C18H19NO4/c1-13-7-9-15(10-8-13)23-18(21)11-19-17(20)12-22-16-6-4-3-5-14(16)2/h3-10H,11-12H2,1-2H3,(H,19,20). The van der Waals surface area contributed by atoms with Gasteiger partial charge in [-0.25, -0.2) is 4.79 Å². The normalized spacial score (nSPS) is 10.0. The van der Waals surface area contributed by atoms with Crippen LogP contribution in [0.1, 0.15) is 11.1 Å². The van der Waals surface area contributed by atoms with E-state index in [4.69, 9.17) is 9.47 Å². The maximum absolute atomic E-state index is 11.7. The minimum Gasteiger partial charge on any atom is -0.484 e. The van der Waals surface area contributed by atoms with Gasteiger partial charge in [-0.2, -0.15) is 0 Å². The largest absolute Gasteiger partial charge is 0.484 e. The zero-order valence-electron chi connectivity index (χ0n) is 13.2. The first-order valence-electron chi connectivity index (χ1n) is 7.27. The van der Waals surface area contributed by atoms with Crippen LogP contribution in [0.3, 0.4) is 0 Å². The van der Waals surface area contributed by atoms with Gasteiger partial charge in [0.2, 0.25) is 0 Å². The van der Waals surface area contributed by atoms with Gasteiger partial charge in [0.05, 0.1) is 0 Å². The molecule has 0 saturated carbocycles. The van der Waals surface area contributed by atoms with Crippen LogP contribution < -0.4 is 14.8 Å². The summed E-state index contributed by atoms with van der Waals surface area (Å²) in [6.07, 6.45) is 0. The molecule has 0 atom stereocenters. The second-order valence-corrected chi connectivity index (χ2v) is 5.12. The Morgan fingerprint density at radius 2 is 1.70 bits per heavy atom. The van der Waals surface area contributed by atoms with E-state index in [-0.39, 0.29) is 19.1 Å². The Hall–Kier alpha value is -2.82. The molecule has 0 aromatic heterocycles. The molecule has 5 heteroatoms. The van der Waals surface area contributed by atoms with E-state index in [0.717, 1.165) is 11.1 Å². The number of esters is 1. The summed E-state index contributed by atoms with van der Waals surface area (Å²) in [6, 6.07) is 14.5. The van der Waals surface area contributed by atoms with Crippen molar-refractivity contribution in [1.29, 1.82) is 0 Å². The maximum atomic E-state index is 11.7. The topological polar surface area (TPSA) is 64.6 Å². The molecule has 0 unspecified atom stereocenters. The lowest BCUT2D eigenvalue weighted by Gasteiger charge is -2.09. The van der Waals surface area contributed by atoms with E-state index in [0.29, 0.717) is 11.5 Å². The first kappa shape index (κ1) is 16.5. The van der Waals surface area contributed by atoms with Crippen molar-refractivity contribution in [2.45, 2.75) is 13.8 Å². The lowest BCUT2D eigenvalue weighted by Crippen LogP contribution is -2.35. The number of carbonyl (C=O) groups is 2. The average molecular weight is 313 g/mol. The Bertz CT molecular complexity index is 680. The molecule has 120 valence electrons. The molecule has 0 spiro atoms. The van der Waals surface area contributed by atoms with Crippen LogP contribution in [0.15, 0.2) is 48.5 Å². The summed E-state index contributed by atoms with van der Waals surface area (Å²) in [5.41, 5.74) is 2.02. The van der Waals surface area contributed by atoms with Crippen LogP contribution >= 0.6 is 0 Å². The number of nitrogens with one attached hydrogen (secondary N) is 1. The molecule has 0 saturated heterocycles. The Labute approximate surface area is 135 Å². The summed E-state index contributed by atoms with van der Waals surface area (Å²) in [6.45, 7) is 3.49. The summed E-state index contributed by atoms with van der Waals surface area (Å²) >= 11 is 0. The maximum Gasteiger partial charge on any atom is 0.330 e. The summed E-state index contributed by atoms with van der Waals surface area (Å²) in [5, 5.41) is 2.47. The molecule has 2 rings (SSSR count). The van der Waals surface area contributed by atoms with Crippen LogP contribution in [0, 0.1) is 13.8 Å². The first-order valence-corrected chi connectivity index (χ1v) is 7.27. The molecule has 1 amide bonds. The predicted molar refractivity (Wildman–Crippen MR) is 86.5 cm³/mol. The summed E-state index contributed by atoms with van der Waals surface area (Å²) < 4.78 is 10.5. The van der Waals surface area contributed by atoms with E-state index in [1.54, 1.807) is 18.2 Å². The van der Waals surface area contributed by atoms with Crippen molar-refractivity contribution in [1.82, 2.24) is 5.32 Å². The molecule has 0 aliphatic heterocycles. The molecule has 1 N–H and O–H groups in total. The molecule has 0 aliphatic rings. The lowest BCUT2D eigenvalue weighted by molar-refractivity contribution is -0.135. The summed E-state index contributed by atoms with van der Waals surface area (Å²) in [5.74, 6) is 0.183. The molecule has 0 aliphatic carbocycles. The smallest absolute Gasteiger partial charge is 0.330 e. The van der Waals surface area contributed by atoms with E-state index in [9.17, 15) is 9.59 Å². The van der Waals surface area contributed by atoms with Gasteiger partial charge in [-0.1, -0.05) is 35.9 Å². The molecule has 2 aromatic rings. The minimum absolute atomic E-state index is 0.150. The third kappa shape index (κ3) is 5.47. The van der Waals surface area contributed by atoms with Crippen LogP contribution in [-0.4, -0.2) is 25.0 Å². The lowest BCUT2D eigenvalue weighted by atomic mass is 10.2. The highest BCUT2D eigenvalue weighted by Crippen LogP contribution is 2.15. The second-order valence-electron chi connectivity index (χ2n) is 5.12. The van der Waals surface area contributed by atoms with E-state index in [1.807, 2.05) is 44.2 Å². The Morgan fingerprint density at radius 3 is 2.39 bits per heavy atom. The van der Waals surface area contributed by atoms with Crippen molar-refractivity contribution < 1.29 is 19.1 Å². The number of rotatable bonds is 6. The zero-order valence-corrected chi connectivity index (χ0v) is 13.2. The number of para-hydroxylation sites is 1. The van der Waals surface area contributed by atoms with Crippen LogP contribution in [-0.2, 0) is 9.59 Å². The molecule has 0 radical (unpaired) electrons. The van der Waals surface area contributed by atoms with Crippen molar-refractivity contribution >= 4 is 11.9 Å². The van der Waals surface area contributed by atoms with Gasteiger partial charge < -0.3 is 14.8 Å². The molecule has 2 aromatic carbocycles. The third-order valence-corrected chi connectivity index (χ3v) is 3.13. The molecule has 0 fully saturated rings. The van der Waals surface area contributed by atoms with Crippen molar-refractivity contribution in [2.24, 2.45) is 0 Å². The second kappa shape index (κ2) is 7.98. The van der Waals surface area contributed by atoms with Gasteiger partial charge in [0.25, 0.3) is 5.91 Å². The fraction of sp³-hybridized carbons (Fsp3) is 0.222. The van der Waals surface area contributed by atoms with Crippen LogP contribution in [0.4, 0.5) is 0 Å². The Morgan fingerprint density at radius 1 is 1.00 bits per heavy atom. The van der Waals surface area contributed by atoms with E-state index < -0.39 is 5.97 Å². The number of benzene rings is 2. The highest BCUT2D eigenvalue weighted by Gasteiger charge is 2.09. The van der Waals surface area contributed by atoms with Gasteiger partial charge in [-0.15, -0.1) is 0 Å². The quantitative estimate of drug-likeness (QED) is 0.657. The molecular weight excluding hydrogens is 294 g/mol. The van der Waals surface area contributed by atoms with Crippen molar-refractivity contribution in [3.05, 3.63) is 59.7 Å². The fourth-order valence-corrected chi connectivity index (χ4v) is 1.86. The predicted octanol–water partition coefficient (Wildman–Crippen LogP) is 2.40. The number of carbonyl (C=O) groups excluding carboxylic acids is 2. The van der Waals surface area contributed by atoms with Gasteiger partial charge >= 0.3 is 5.97 Å². The molecule has 23 heavy (non-hydrogen) atoms. The molecule has 0 heterocycles. The van der Waals surface area contributed by atoms with Crippen LogP contribution in [0.2, 0.25) is 0 Å². The molecule has 0 bridgehead atoms. The number of aryl methyl sites for hydroxylation is 2. The van der Waals surface area contributed by atoms with Crippen molar-refractivity contribution in [2.75, 3.05) is 13.2 Å². The number of hydrogen-bond acceptors (Lipinski definition) is 4. The molecule has 5 nitrogen and oxygen atoms in total. The monoisotopic (exact) mass is 313 g/mol. The minimum atomic E-state index is -0.530. The van der Waals surface area contributed by atoms with Gasteiger partial charge in [-0.05, 0) is 37.6 Å². The summed E-state index contributed by atoms with van der Waals surface area (Å²) in [4.78, 5) is 23.3. The van der Waals surface area contributed by atoms with Gasteiger partial charge in [0.15, 0.2) is 6.61 Å². The Kier molecular flexibility index (Phi) is 5.74. The Balaban J connectivity index is 1.72. The first-order chi connectivity index (χ1) is 11.0. The van der Waals surface area contributed by atoms with Gasteiger partial charge in [0.1, 0.15) is 18.0 Å². The van der Waals surface area contributed by atoms with E-state index in [2.05, 4.69) is 5.32 Å². The van der Waals surface area contributed by atoms with Crippen molar-refractivity contribution in [3.8, 4) is 11.5 Å². The van der Waals surface area contributed by atoms with Crippen molar-refractivity contribution in [3.63, 3.8) is 0 Å². The van der Waals surface area contributed by atoms with E-state index in [1.165, 1.54) is 0 Å². The average Bonchev–Trinajstić information content (AvgIpc) is 2.54. The van der Waals surface area contributed by atoms with Gasteiger partial charge in [-0.3, -0.25) is 4.79 Å².